The van der Waals surface area contributed by atoms with E-state index in [1.54, 1.807) is 54.0 Å². The van der Waals surface area contributed by atoms with Crippen molar-refractivity contribution in [3.8, 4) is 0 Å². The van der Waals surface area contributed by atoms with E-state index in [1.807, 2.05) is 13.0 Å². The second-order valence-electron chi connectivity index (χ2n) is 5.57. The molecule has 132 valence electrons. The van der Waals surface area contributed by atoms with Gasteiger partial charge in [-0.3, -0.25) is 19.3 Å². The highest BCUT2D eigenvalue weighted by Gasteiger charge is 2.21. The second kappa shape index (κ2) is 7.94. The zero-order valence-corrected chi connectivity index (χ0v) is 15.3. The fourth-order valence-corrected chi connectivity index (χ4v) is 2.55. The molecule has 0 saturated carbocycles. The van der Waals surface area contributed by atoms with E-state index in [1.165, 1.54) is 6.92 Å². The van der Waals surface area contributed by atoms with Gasteiger partial charge in [0.05, 0.1) is 5.02 Å². The minimum absolute atomic E-state index is 0.184. The first-order valence-corrected chi connectivity index (χ1v) is 8.08. The summed E-state index contributed by atoms with van der Waals surface area (Å²) >= 11 is 6.15. The maximum Gasteiger partial charge on any atom is 0.238 e. The van der Waals surface area contributed by atoms with E-state index in [2.05, 4.69) is 15.8 Å². The van der Waals surface area contributed by atoms with Crippen molar-refractivity contribution in [2.75, 3.05) is 12.1 Å². The molecule has 1 N–H and O–H groups in total. The van der Waals surface area contributed by atoms with Crippen LogP contribution in [0.15, 0.2) is 46.7 Å². The van der Waals surface area contributed by atoms with E-state index in [-0.39, 0.29) is 11.7 Å². The largest absolute Gasteiger partial charge is 0.290 e. The van der Waals surface area contributed by atoms with Crippen molar-refractivity contribution in [1.29, 1.82) is 0 Å². The standard InChI is InChI=1S/C17H20ClN5O2/c1-11-9-10-16(17(25)14-7-5-6-8-15(14)18)23(11)22(4)12(2)19-21-20-13(3)24/h5-10,12H,1-4H3,(H,19,20,24). The Morgan fingerprint density at radius 2 is 1.92 bits per heavy atom. The van der Waals surface area contributed by atoms with Gasteiger partial charge in [0.1, 0.15) is 5.69 Å². The Hall–Kier alpha value is -2.67. The van der Waals surface area contributed by atoms with Crippen molar-refractivity contribution in [3.63, 3.8) is 0 Å². The molecular formula is C17H20ClN5O2. The number of nitrogens with zero attached hydrogens (tertiary/aromatic N) is 4. The van der Waals surface area contributed by atoms with Gasteiger partial charge < -0.3 is 0 Å². The third-order valence-electron chi connectivity index (χ3n) is 3.68. The van der Waals surface area contributed by atoms with Gasteiger partial charge in [0.15, 0.2) is 6.17 Å². The molecule has 1 heterocycles. The van der Waals surface area contributed by atoms with Gasteiger partial charge in [-0.2, -0.15) is 0 Å². The Morgan fingerprint density at radius 3 is 2.56 bits per heavy atom. The topological polar surface area (TPSA) is 79.1 Å². The number of nitrogens with one attached hydrogen (secondary N) is 1. The Kier molecular flexibility index (Phi) is 5.93. The van der Waals surface area contributed by atoms with Gasteiger partial charge >= 0.3 is 0 Å². The summed E-state index contributed by atoms with van der Waals surface area (Å²) in [6.45, 7) is 5.04. The molecule has 0 bridgehead atoms. The molecule has 0 aliphatic rings. The number of halogens is 1. The zero-order valence-electron chi connectivity index (χ0n) is 14.5. The maximum atomic E-state index is 12.9. The molecule has 25 heavy (non-hydrogen) atoms. The third kappa shape index (κ3) is 4.24. The number of hydrogen-bond donors (Lipinski definition) is 1. The lowest BCUT2D eigenvalue weighted by Gasteiger charge is -2.27. The molecule has 0 fully saturated rings. The average molecular weight is 362 g/mol. The highest BCUT2D eigenvalue weighted by molar-refractivity contribution is 6.34. The van der Waals surface area contributed by atoms with E-state index in [4.69, 9.17) is 11.6 Å². The van der Waals surface area contributed by atoms with Crippen LogP contribution < -0.4 is 10.4 Å². The van der Waals surface area contributed by atoms with Gasteiger partial charge in [0.25, 0.3) is 0 Å². The molecule has 1 unspecified atom stereocenters. The molecule has 0 radical (unpaired) electrons. The lowest BCUT2D eigenvalue weighted by atomic mass is 10.1. The molecule has 1 aromatic carbocycles. The summed E-state index contributed by atoms with van der Waals surface area (Å²) in [5, 5.41) is 9.81. The molecule has 7 nitrogen and oxygen atoms in total. The first-order valence-electron chi connectivity index (χ1n) is 7.70. The van der Waals surface area contributed by atoms with Crippen molar-refractivity contribution < 1.29 is 9.59 Å². The van der Waals surface area contributed by atoms with E-state index in [9.17, 15) is 9.59 Å². The molecule has 8 heteroatoms. The van der Waals surface area contributed by atoms with Gasteiger partial charge in [-0.1, -0.05) is 29.0 Å². The van der Waals surface area contributed by atoms with Crippen LogP contribution in [0.3, 0.4) is 0 Å². The van der Waals surface area contributed by atoms with Crippen LogP contribution in [0, 0.1) is 6.92 Å². The van der Waals surface area contributed by atoms with Crippen LogP contribution in [0.4, 0.5) is 0 Å². The fourth-order valence-electron chi connectivity index (χ4n) is 2.33. The normalized spacial score (nSPS) is 12.2. The number of aromatic nitrogens is 1. The Morgan fingerprint density at radius 1 is 1.24 bits per heavy atom. The predicted octanol–water partition coefficient (Wildman–Crippen LogP) is 3.10. The first-order chi connectivity index (χ1) is 11.8. The van der Waals surface area contributed by atoms with Crippen LogP contribution in [0.25, 0.3) is 0 Å². The summed E-state index contributed by atoms with van der Waals surface area (Å²) in [6.07, 6.45) is -0.407. The summed E-state index contributed by atoms with van der Waals surface area (Å²) < 4.78 is 1.75. The van der Waals surface area contributed by atoms with Crippen LogP contribution in [0.1, 0.15) is 35.6 Å². The Labute approximate surface area is 151 Å². The number of ketones is 1. The molecule has 0 aliphatic carbocycles. The van der Waals surface area contributed by atoms with E-state index in [0.29, 0.717) is 16.3 Å². The molecular weight excluding hydrogens is 342 g/mol. The van der Waals surface area contributed by atoms with Crippen molar-refractivity contribution >= 4 is 23.3 Å². The van der Waals surface area contributed by atoms with Gasteiger partial charge in [-0.25, -0.2) is 5.43 Å². The van der Waals surface area contributed by atoms with Gasteiger partial charge in [0, 0.05) is 25.2 Å². The first kappa shape index (κ1) is 18.7. The van der Waals surface area contributed by atoms with Crippen LogP contribution in [0.2, 0.25) is 5.02 Å². The Bertz CT molecular complexity index is 815. The van der Waals surface area contributed by atoms with E-state index < -0.39 is 6.17 Å². The number of carbonyl (C=O) groups is 2. The molecule has 0 spiro atoms. The number of amides is 1. The second-order valence-corrected chi connectivity index (χ2v) is 5.98. The number of rotatable bonds is 6. The van der Waals surface area contributed by atoms with Crippen LogP contribution in [0.5, 0.6) is 0 Å². The number of aryl methyl sites for hydroxylation is 1. The minimum Gasteiger partial charge on any atom is -0.290 e. The molecule has 1 amide bonds. The summed E-state index contributed by atoms with van der Waals surface area (Å²) in [5.41, 5.74) is 4.02. The number of hydrogen-bond acceptors (Lipinski definition) is 5. The smallest absolute Gasteiger partial charge is 0.238 e. The van der Waals surface area contributed by atoms with E-state index >= 15 is 0 Å². The minimum atomic E-state index is -0.407. The average Bonchev–Trinajstić information content (AvgIpc) is 2.95. The monoisotopic (exact) mass is 361 g/mol. The van der Waals surface area contributed by atoms with Crippen molar-refractivity contribution in [2.45, 2.75) is 26.9 Å². The lowest BCUT2D eigenvalue weighted by molar-refractivity contribution is -0.119. The zero-order chi connectivity index (χ0) is 18.6. The van der Waals surface area contributed by atoms with Crippen LogP contribution in [-0.2, 0) is 4.79 Å². The van der Waals surface area contributed by atoms with Crippen molar-refractivity contribution in [1.82, 2.24) is 10.1 Å². The summed E-state index contributed by atoms with van der Waals surface area (Å²) in [5.74, 6) is -0.484. The Balaban J connectivity index is 2.32. The molecule has 0 saturated heterocycles. The van der Waals surface area contributed by atoms with E-state index in [0.717, 1.165) is 5.69 Å². The summed E-state index contributed by atoms with van der Waals surface area (Å²) in [4.78, 5) is 23.8. The highest BCUT2D eigenvalue weighted by Crippen LogP contribution is 2.21. The highest BCUT2D eigenvalue weighted by atomic mass is 35.5. The molecule has 0 aliphatic heterocycles. The predicted molar refractivity (Wildman–Crippen MR) is 96.3 cm³/mol. The van der Waals surface area contributed by atoms with Gasteiger partial charge in [0.2, 0.25) is 11.7 Å². The SMILES string of the molecule is CC(=O)NN=NC(C)N(C)n1c(C)ccc1C(=O)c1ccccc1Cl. The summed E-state index contributed by atoms with van der Waals surface area (Å²) in [6, 6.07) is 10.5. The molecule has 2 aromatic rings. The van der Waals surface area contributed by atoms with Gasteiger partial charge in [-0.15, -0.1) is 5.11 Å². The quantitative estimate of drug-likeness (QED) is 0.487. The third-order valence-corrected chi connectivity index (χ3v) is 4.01. The summed E-state index contributed by atoms with van der Waals surface area (Å²) in [7, 11) is 1.79. The molecule has 2 rings (SSSR count). The fraction of sp³-hybridized carbons (Fsp3) is 0.294. The van der Waals surface area contributed by atoms with Crippen LogP contribution in [-0.4, -0.2) is 29.6 Å². The number of carbonyl (C=O) groups excluding carboxylic acids is 2. The van der Waals surface area contributed by atoms with Gasteiger partial charge in [-0.05, 0) is 38.1 Å². The van der Waals surface area contributed by atoms with Crippen molar-refractivity contribution in [3.05, 3.63) is 58.4 Å². The lowest BCUT2D eigenvalue weighted by Crippen LogP contribution is -2.40. The number of benzene rings is 1. The van der Waals surface area contributed by atoms with Crippen LogP contribution >= 0.6 is 11.6 Å². The maximum absolute atomic E-state index is 12.9. The molecule has 1 aromatic heterocycles. The van der Waals surface area contributed by atoms with Crippen molar-refractivity contribution in [2.24, 2.45) is 10.3 Å². The molecule has 1 atom stereocenters.